The minimum atomic E-state index is -0.942. The van der Waals surface area contributed by atoms with Crippen LogP contribution in [-0.2, 0) is 4.74 Å². The summed E-state index contributed by atoms with van der Waals surface area (Å²) in [5, 5.41) is 9.93. The number of ether oxygens (including phenoxy) is 1. The molecule has 1 aliphatic rings. The van der Waals surface area contributed by atoms with Crippen LogP contribution in [0.4, 0.5) is 4.79 Å². The summed E-state index contributed by atoms with van der Waals surface area (Å²) in [5.74, 6) is 0. The van der Waals surface area contributed by atoms with Crippen LogP contribution in [0.25, 0.3) is 4.95 Å². The van der Waals surface area contributed by atoms with Crippen molar-refractivity contribution in [3.63, 3.8) is 0 Å². The van der Waals surface area contributed by atoms with E-state index in [0.717, 1.165) is 5.56 Å². The van der Waals surface area contributed by atoms with E-state index in [1.165, 1.54) is 0 Å². The van der Waals surface area contributed by atoms with Gasteiger partial charge in [-0.3, -0.25) is 0 Å². The van der Waals surface area contributed by atoms with Crippen molar-refractivity contribution in [3.8, 4) is 0 Å². The highest BCUT2D eigenvalue weighted by Gasteiger charge is 2.45. The van der Waals surface area contributed by atoms with E-state index in [0.29, 0.717) is 5.01 Å². The van der Waals surface area contributed by atoms with Crippen molar-refractivity contribution in [3.05, 3.63) is 47.4 Å². The summed E-state index contributed by atoms with van der Waals surface area (Å²) in [6.45, 7) is 6.69. The molecule has 7 heteroatoms. The lowest BCUT2D eigenvalue weighted by atomic mass is 10.0. The molecular formula is C12H13N4O3+. The van der Waals surface area contributed by atoms with E-state index >= 15 is 0 Å². The number of amides is 2. The average Bonchev–Trinajstić information content (AvgIpc) is 2.84. The van der Waals surface area contributed by atoms with E-state index in [1.54, 1.807) is 0 Å². The molecule has 0 aliphatic carbocycles. The quantitative estimate of drug-likeness (QED) is 0.459. The summed E-state index contributed by atoms with van der Waals surface area (Å²) in [6, 6.07) is 7.77. The SMILES string of the molecule is [C-]#[N+]N(C(N)=O)C1=[NH+]C(CO)C(c2ccccc2)O1. The summed E-state index contributed by atoms with van der Waals surface area (Å²) in [4.78, 5) is 16.8. The van der Waals surface area contributed by atoms with Crippen molar-refractivity contribution < 1.29 is 19.6 Å². The molecule has 1 aromatic carbocycles. The van der Waals surface area contributed by atoms with Crippen molar-refractivity contribution in [2.75, 3.05) is 6.61 Å². The lowest BCUT2D eigenvalue weighted by Gasteiger charge is -2.13. The summed E-state index contributed by atoms with van der Waals surface area (Å²) >= 11 is 0. The Morgan fingerprint density at radius 3 is 2.74 bits per heavy atom. The van der Waals surface area contributed by atoms with E-state index in [-0.39, 0.29) is 12.6 Å². The van der Waals surface area contributed by atoms with Gasteiger partial charge in [0, 0.05) is 0 Å². The van der Waals surface area contributed by atoms with Crippen molar-refractivity contribution >= 4 is 12.1 Å². The first-order valence-electron chi connectivity index (χ1n) is 5.60. The number of benzene rings is 1. The zero-order chi connectivity index (χ0) is 13.8. The molecule has 4 N–H and O–H groups in total. The Kier molecular flexibility index (Phi) is 3.63. The number of amidine groups is 1. The minimum absolute atomic E-state index is 0.0598. The first-order chi connectivity index (χ1) is 9.17. The molecule has 0 spiro atoms. The van der Waals surface area contributed by atoms with Gasteiger partial charge in [-0.2, -0.15) is 6.57 Å². The van der Waals surface area contributed by atoms with Crippen molar-refractivity contribution in [2.45, 2.75) is 12.1 Å². The summed E-state index contributed by atoms with van der Waals surface area (Å²) in [5.41, 5.74) is 5.90. The second-order valence-corrected chi connectivity index (χ2v) is 3.94. The van der Waals surface area contributed by atoms with Crippen LogP contribution in [0.3, 0.4) is 0 Å². The van der Waals surface area contributed by atoms with Gasteiger partial charge < -0.3 is 15.6 Å². The Hall–Kier alpha value is -2.59. The molecule has 0 radical (unpaired) electrons. The number of hydrogen-bond donors (Lipinski definition) is 3. The number of carbonyl (C=O) groups is 1. The van der Waals surface area contributed by atoms with Crippen molar-refractivity contribution in [1.29, 1.82) is 0 Å². The third-order valence-electron chi connectivity index (χ3n) is 2.74. The minimum Gasteiger partial charge on any atom is -0.414 e. The normalized spacial score (nSPS) is 21.2. The zero-order valence-corrected chi connectivity index (χ0v) is 9.98. The molecule has 2 unspecified atom stereocenters. The second kappa shape index (κ2) is 5.37. The van der Waals surface area contributed by atoms with Gasteiger partial charge in [0.2, 0.25) is 0 Å². The lowest BCUT2D eigenvalue weighted by molar-refractivity contribution is -0.503. The van der Waals surface area contributed by atoms with Gasteiger partial charge in [0.15, 0.2) is 17.2 Å². The molecule has 0 saturated carbocycles. The predicted octanol–water partition coefficient (Wildman–Crippen LogP) is -1.23. The molecule has 98 valence electrons. The van der Waals surface area contributed by atoms with Crippen LogP contribution in [0.15, 0.2) is 30.3 Å². The number of nitrogens with zero attached hydrogens (tertiary/aromatic N) is 2. The first kappa shape index (κ1) is 12.9. The predicted molar refractivity (Wildman–Crippen MR) is 65.1 cm³/mol. The summed E-state index contributed by atoms with van der Waals surface area (Å²) in [7, 11) is 0. The van der Waals surface area contributed by atoms with Gasteiger partial charge in [0.05, 0.1) is 6.61 Å². The molecule has 1 heterocycles. The van der Waals surface area contributed by atoms with Gasteiger partial charge in [-0.25, -0.2) is 9.79 Å². The largest absolute Gasteiger partial charge is 0.529 e. The maximum atomic E-state index is 11.1. The topological polar surface area (TPSA) is 94.1 Å². The fourth-order valence-corrected chi connectivity index (χ4v) is 1.86. The third kappa shape index (κ3) is 2.48. The smallest absolute Gasteiger partial charge is 0.414 e. The van der Waals surface area contributed by atoms with Gasteiger partial charge in [0.25, 0.3) is 0 Å². The number of primary amides is 1. The molecule has 19 heavy (non-hydrogen) atoms. The van der Waals surface area contributed by atoms with E-state index < -0.39 is 18.2 Å². The van der Waals surface area contributed by atoms with Crippen LogP contribution in [0.2, 0.25) is 0 Å². The Balaban J connectivity index is 2.25. The molecule has 1 aromatic rings. The van der Waals surface area contributed by atoms with Crippen LogP contribution >= 0.6 is 0 Å². The number of hydrogen-bond acceptors (Lipinski definition) is 3. The fraction of sp³-hybridized carbons (Fsp3) is 0.250. The van der Waals surface area contributed by atoms with Gasteiger partial charge in [-0.05, 0) is 5.56 Å². The standard InChI is InChI=1S/C12H12N4O3/c1-14-16(11(13)18)12-15-9(7-17)10(19-12)8-5-3-2-4-6-8/h2-6,9-10,17H,7H2,(H2,13,18)/p+1. The second-order valence-electron chi connectivity index (χ2n) is 3.94. The van der Waals surface area contributed by atoms with Gasteiger partial charge >= 0.3 is 12.1 Å². The van der Waals surface area contributed by atoms with E-state index in [1.807, 2.05) is 30.3 Å². The Morgan fingerprint density at radius 2 is 2.21 bits per heavy atom. The number of rotatable bonds is 2. The van der Waals surface area contributed by atoms with Gasteiger partial charge in [-0.15, -0.1) is 0 Å². The number of urea groups is 1. The van der Waals surface area contributed by atoms with Gasteiger partial charge in [0.1, 0.15) is 0 Å². The van der Waals surface area contributed by atoms with Crippen LogP contribution < -0.4 is 10.7 Å². The van der Waals surface area contributed by atoms with Crippen LogP contribution in [-0.4, -0.2) is 34.8 Å². The molecule has 0 fully saturated rings. The molecular weight excluding hydrogens is 248 g/mol. The molecule has 0 saturated heterocycles. The number of nitrogens with two attached hydrogens (primary N) is 1. The fourth-order valence-electron chi connectivity index (χ4n) is 1.86. The maximum Gasteiger partial charge on any atom is 0.529 e. The Labute approximate surface area is 109 Å². The highest BCUT2D eigenvalue weighted by Crippen LogP contribution is 2.22. The van der Waals surface area contributed by atoms with E-state index in [9.17, 15) is 9.90 Å². The summed E-state index contributed by atoms with van der Waals surface area (Å²) in [6.07, 6.45) is -0.482. The third-order valence-corrected chi connectivity index (χ3v) is 2.74. The highest BCUT2D eigenvalue weighted by atomic mass is 16.5. The monoisotopic (exact) mass is 261 g/mol. The van der Waals surface area contributed by atoms with Gasteiger partial charge in [-0.1, -0.05) is 35.3 Å². The number of aliphatic hydroxyl groups excluding tert-OH is 1. The highest BCUT2D eigenvalue weighted by molar-refractivity contribution is 5.91. The Bertz CT molecular complexity index is 538. The number of aliphatic hydroxyl groups is 1. The van der Waals surface area contributed by atoms with Crippen molar-refractivity contribution in [1.82, 2.24) is 5.01 Å². The molecule has 0 bridgehead atoms. The van der Waals surface area contributed by atoms with Crippen LogP contribution in [0.1, 0.15) is 11.7 Å². The first-order valence-corrected chi connectivity index (χ1v) is 5.60. The number of nitrogens with one attached hydrogen (secondary N) is 1. The maximum absolute atomic E-state index is 11.1. The number of carbonyl (C=O) groups excluding carboxylic acids is 1. The zero-order valence-electron chi connectivity index (χ0n) is 9.98. The average molecular weight is 261 g/mol. The molecule has 1 aliphatic heterocycles. The van der Waals surface area contributed by atoms with E-state index in [2.05, 4.69) is 9.95 Å². The molecule has 7 nitrogen and oxygen atoms in total. The summed E-state index contributed by atoms with van der Waals surface area (Å²) < 4.78 is 5.52. The molecule has 0 aromatic heterocycles. The van der Waals surface area contributed by atoms with E-state index in [4.69, 9.17) is 17.0 Å². The molecule has 2 amide bonds. The Morgan fingerprint density at radius 1 is 1.53 bits per heavy atom. The lowest BCUT2D eigenvalue weighted by Crippen LogP contribution is -2.80. The van der Waals surface area contributed by atoms with Crippen LogP contribution in [0.5, 0.6) is 0 Å². The van der Waals surface area contributed by atoms with Crippen LogP contribution in [0, 0.1) is 6.57 Å². The molecule has 2 rings (SSSR count). The van der Waals surface area contributed by atoms with Crippen molar-refractivity contribution in [2.24, 2.45) is 5.73 Å². The molecule has 2 atom stereocenters.